The molecule has 0 unspecified atom stereocenters. The minimum absolute atomic E-state index is 0.00767. The molecule has 0 bridgehead atoms. The molecule has 24 heavy (non-hydrogen) atoms. The summed E-state index contributed by atoms with van der Waals surface area (Å²) in [4.78, 5) is 38.8. The average Bonchev–Trinajstić information content (AvgIpc) is 3.05. The van der Waals surface area contributed by atoms with Crippen LogP contribution in [-0.2, 0) is 4.79 Å². The normalized spacial score (nSPS) is 19.6. The van der Waals surface area contributed by atoms with Crippen LogP contribution in [0.5, 0.6) is 0 Å². The predicted octanol–water partition coefficient (Wildman–Crippen LogP) is 2.02. The molecule has 7 heteroatoms. The Bertz CT molecular complexity index is 865. The van der Waals surface area contributed by atoms with Gasteiger partial charge < -0.3 is 10.2 Å². The molecule has 2 saturated heterocycles. The van der Waals surface area contributed by atoms with E-state index in [-0.39, 0.29) is 11.8 Å². The van der Waals surface area contributed by atoms with Gasteiger partial charge in [-0.25, -0.2) is 4.79 Å². The zero-order chi connectivity index (χ0) is 16.9. The molecule has 2 aromatic rings. The molecule has 2 aliphatic heterocycles. The summed E-state index contributed by atoms with van der Waals surface area (Å²) in [5, 5.41) is 6.12. The second-order valence-electron chi connectivity index (χ2n) is 6.33. The first-order chi connectivity index (χ1) is 11.5. The number of hydrogen-bond donors (Lipinski definition) is 2. The number of likely N-dealkylation sites (tertiary alicyclic amines) is 1. The summed E-state index contributed by atoms with van der Waals surface area (Å²) < 4.78 is 1.11. The van der Waals surface area contributed by atoms with Crippen LogP contribution in [0.1, 0.15) is 28.1 Å². The van der Waals surface area contributed by atoms with Crippen LogP contribution in [-0.4, -0.2) is 41.4 Å². The van der Waals surface area contributed by atoms with E-state index in [1.54, 1.807) is 4.90 Å². The quantitative estimate of drug-likeness (QED) is 0.778. The van der Waals surface area contributed by atoms with Crippen LogP contribution < -0.4 is 10.6 Å². The van der Waals surface area contributed by atoms with Crippen LogP contribution in [0.2, 0.25) is 0 Å². The molecule has 0 atom stereocenters. The molecule has 1 aromatic heterocycles. The van der Waals surface area contributed by atoms with Crippen LogP contribution in [0.25, 0.3) is 10.1 Å². The van der Waals surface area contributed by atoms with Crippen molar-refractivity contribution in [2.45, 2.75) is 25.3 Å². The molecule has 4 rings (SSSR count). The van der Waals surface area contributed by atoms with E-state index in [0.717, 1.165) is 20.5 Å². The number of fused-ring (bicyclic) bond motifs is 1. The average molecular weight is 343 g/mol. The van der Waals surface area contributed by atoms with Crippen molar-refractivity contribution in [2.24, 2.45) is 0 Å². The molecule has 2 N–H and O–H groups in total. The van der Waals surface area contributed by atoms with Crippen LogP contribution in [0, 0.1) is 6.92 Å². The maximum absolute atomic E-state index is 12.9. The third-order valence-electron chi connectivity index (χ3n) is 4.96. The van der Waals surface area contributed by atoms with Gasteiger partial charge >= 0.3 is 6.03 Å². The maximum Gasteiger partial charge on any atom is 0.322 e. The van der Waals surface area contributed by atoms with Crippen LogP contribution >= 0.6 is 11.3 Å². The highest BCUT2D eigenvalue weighted by Gasteiger charge is 2.48. The molecule has 0 aliphatic carbocycles. The number of benzene rings is 1. The topological polar surface area (TPSA) is 78.5 Å². The molecule has 0 radical (unpaired) electrons. The molecule has 1 spiro atoms. The molecule has 1 aromatic carbocycles. The first-order valence-corrected chi connectivity index (χ1v) is 8.73. The number of amides is 4. The number of rotatable bonds is 1. The number of hydrogen-bond acceptors (Lipinski definition) is 4. The zero-order valence-electron chi connectivity index (χ0n) is 13.2. The Morgan fingerprint density at radius 3 is 2.54 bits per heavy atom. The highest BCUT2D eigenvalue weighted by molar-refractivity contribution is 7.21. The second kappa shape index (κ2) is 5.31. The number of urea groups is 1. The fourth-order valence-corrected chi connectivity index (χ4v) is 4.67. The Labute approximate surface area is 142 Å². The molecular weight excluding hydrogens is 326 g/mol. The number of nitrogens with zero attached hydrogens (tertiary/aromatic N) is 1. The minimum atomic E-state index is -0.844. The fraction of sp³-hybridized carbons (Fsp3) is 0.353. The molecule has 2 aliphatic rings. The first kappa shape index (κ1) is 15.1. The number of piperidine rings is 1. The van der Waals surface area contributed by atoms with E-state index >= 15 is 0 Å². The van der Waals surface area contributed by atoms with Crippen molar-refractivity contribution < 1.29 is 14.4 Å². The van der Waals surface area contributed by atoms with Gasteiger partial charge in [-0.3, -0.25) is 14.9 Å². The summed E-state index contributed by atoms with van der Waals surface area (Å²) in [6.07, 6.45) is 0.889. The van der Waals surface area contributed by atoms with Crippen LogP contribution in [0.15, 0.2) is 24.3 Å². The Kier molecular flexibility index (Phi) is 3.35. The van der Waals surface area contributed by atoms with Gasteiger partial charge in [0.05, 0.1) is 4.88 Å². The molecule has 3 heterocycles. The Hall–Kier alpha value is -2.41. The lowest BCUT2D eigenvalue weighted by Crippen LogP contribution is -2.55. The van der Waals surface area contributed by atoms with Crippen molar-refractivity contribution >= 4 is 39.3 Å². The summed E-state index contributed by atoms with van der Waals surface area (Å²) >= 11 is 1.51. The highest BCUT2D eigenvalue weighted by atomic mass is 32.1. The third-order valence-corrected chi connectivity index (χ3v) is 6.22. The van der Waals surface area contributed by atoms with Crippen molar-refractivity contribution in [1.82, 2.24) is 15.5 Å². The van der Waals surface area contributed by atoms with E-state index in [0.29, 0.717) is 25.9 Å². The lowest BCUT2D eigenvalue weighted by atomic mass is 9.87. The van der Waals surface area contributed by atoms with Crippen molar-refractivity contribution in [2.75, 3.05) is 13.1 Å². The Morgan fingerprint density at radius 2 is 1.92 bits per heavy atom. The van der Waals surface area contributed by atoms with Gasteiger partial charge in [0.2, 0.25) is 0 Å². The van der Waals surface area contributed by atoms with E-state index in [1.807, 2.05) is 31.2 Å². The minimum Gasteiger partial charge on any atom is -0.338 e. The number of carbonyl (C=O) groups excluding carboxylic acids is 3. The summed E-state index contributed by atoms with van der Waals surface area (Å²) in [5.74, 6) is -0.272. The van der Waals surface area contributed by atoms with Gasteiger partial charge in [-0.05, 0) is 36.8 Å². The largest absolute Gasteiger partial charge is 0.338 e. The lowest BCUT2D eigenvalue weighted by molar-refractivity contribution is -0.125. The number of aryl methyl sites for hydroxylation is 1. The SMILES string of the molecule is Cc1c(C(=O)N2CCC3(CC2)NC(=O)NC3=O)sc2ccccc12. The van der Waals surface area contributed by atoms with E-state index < -0.39 is 11.6 Å². The van der Waals surface area contributed by atoms with Crippen molar-refractivity contribution in [3.63, 3.8) is 0 Å². The molecule has 6 nitrogen and oxygen atoms in total. The smallest absolute Gasteiger partial charge is 0.322 e. The first-order valence-electron chi connectivity index (χ1n) is 7.91. The lowest BCUT2D eigenvalue weighted by Gasteiger charge is -2.36. The summed E-state index contributed by atoms with van der Waals surface area (Å²) in [5.41, 5.74) is 0.163. The molecule has 0 saturated carbocycles. The molecule has 2 fully saturated rings. The van der Waals surface area contributed by atoms with Gasteiger partial charge in [0.25, 0.3) is 11.8 Å². The van der Waals surface area contributed by atoms with Gasteiger partial charge in [0, 0.05) is 17.8 Å². The van der Waals surface area contributed by atoms with E-state index in [2.05, 4.69) is 10.6 Å². The number of carbonyl (C=O) groups is 3. The van der Waals surface area contributed by atoms with E-state index in [4.69, 9.17) is 0 Å². The molecular formula is C17H17N3O3S. The second-order valence-corrected chi connectivity index (χ2v) is 7.39. The van der Waals surface area contributed by atoms with E-state index in [9.17, 15) is 14.4 Å². The van der Waals surface area contributed by atoms with Gasteiger partial charge in [-0.1, -0.05) is 18.2 Å². The Balaban J connectivity index is 1.55. The summed E-state index contributed by atoms with van der Waals surface area (Å²) in [7, 11) is 0. The van der Waals surface area contributed by atoms with Crippen molar-refractivity contribution in [3.8, 4) is 0 Å². The maximum atomic E-state index is 12.9. The predicted molar refractivity (Wildman–Crippen MR) is 91.1 cm³/mol. The van der Waals surface area contributed by atoms with Crippen molar-refractivity contribution in [1.29, 1.82) is 0 Å². The fourth-order valence-electron chi connectivity index (χ4n) is 3.49. The third kappa shape index (κ3) is 2.19. The molecule has 124 valence electrons. The number of thiophene rings is 1. The molecule has 4 amide bonds. The van der Waals surface area contributed by atoms with Gasteiger partial charge in [-0.15, -0.1) is 11.3 Å². The zero-order valence-corrected chi connectivity index (χ0v) is 14.0. The summed E-state index contributed by atoms with van der Waals surface area (Å²) in [6.45, 7) is 2.89. The van der Waals surface area contributed by atoms with Gasteiger partial charge in [-0.2, -0.15) is 0 Å². The summed E-state index contributed by atoms with van der Waals surface area (Å²) in [6, 6.07) is 7.55. The Morgan fingerprint density at radius 1 is 1.21 bits per heavy atom. The van der Waals surface area contributed by atoms with Crippen molar-refractivity contribution in [3.05, 3.63) is 34.7 Å². The highest BCUT2D eigenvalue weighted by Crippen LogP contribution is 2.33. The van der Waals surface area contributed by atoms with Crippen LogP contribution in [0.4, 0.5) is 4.79 Å². The standard InChI is InChI=1S/C17H17N3O3S/c1-10-11-4-2-3-5-12(11)24-13(10)14(21)20-8-6-17(7-9-20)15(22)18-16(23)19-17/h2-5H,6-9H2,1H3,(H2,18,19,22,23). The monoisotopic (exact) mass is 343 g/mol. The van der Waals surface area contributed by atoms with Gasteiger partial charge in [0.15, 0.2) is 0 Å². The van der Waals surface area contributed by atoms with Crippen LogP contribution in [0.3, 0.4) is 0 Å². The number of nitrogens with one attached hydrogen (secondary N) is 2. The van der Waals surface area contributed by atoms with E-state index in [1.165, 1.54) is 11.3 Å². The number of imide groups is 1. The van der Waals surface area contributed by atoms with Gasteiger partial charge in [0.1, 0.15) is 5.54 Å².